The van der Waals surface area contributed by atoms with Crippen molar-refractivity contribution in [3.8, 4) is 11.1 Å². The van der Waals surface area contributed by atoms with Gasteiger partial charge in [0.25, 0.3) is 0 Å². The number of hydrogen-bond acceptors (Lipinski definition) is 3. The van der Waals surface area contributed by atoms with Gasteiger partial charge in [0.05, 0.1) is 23.5 Å². The van der Waals surface area contributed by atoms with Crippen LogP contribution in [0.1, 0.15) is 23.2 Å². The van der Waals surface area contributed by atoms with E-state index in [2.05, 4.69) is 132 Å². The zero-order chi connectivity index (χ0) is 25.8. The highest BCUT2D eigenvalue weighted by atomic mass is 16.3. The lowest BCUT2D eigenvalue weighted by Crippen LogP contribution is -2.30. The Balaban J connectivity index is 1.26. The minimum atomic E-state index is 0.0948. The fraction of sp³-hybridized carbons (Fsp3) is 0.0556. The lowest BCUT2D eigenvalue weighted by Gasteiger charge is -2.37. The number of benzene rings is 6. The largest absolute Gasteiger partial charge is 0.456 e. The summed E-state index contributed by atoms with van der Waals surface area (Å²) >= 11 is 0. The topological polar surface area (TPSA) is 37.2 Å². The molecule has 6 aromatic carbocycles. The van der Waals surface area contributed by atoms with E-state index in [1.165, 1.54) is 38.4 Å². The lowest BCUT2D eigenvalue weighted by molar-refractivity contribution is 0.637. The summed E-state index contributed by atoms with van der Waals surface area (Å²) in [5, 5.41) is 12.5. The van der Waals surface area contributed by atoms with E-state index in [4.69, 9.17) is 4.42 Å². The molecule has 0 saturated heterocycles. The summed E-state index contributed by atoms with van der Waals surface area (Å²) in [5.41, 5.74) is 9.01. The molecule has 3 heteroatoms. The second-order valence-electron chi connectivity index (χ2n) is 10.3. The SMILES string of the molecule is c1ccc(C2Nc3ccc4cc(-c5cccc6oc7ccccc7c56)ccc4c3NC2c2ccccc2)cc1. The fourth-order valence-corrected chi connectivity index (χ4v) is 6.15. The number of nitrogens with one attached hydrogen (secondary N) is 2. The molecule has 3 nitrogen and oxygen atoms in total. The number of furan rings is 1. The molecule has 0 saturated carbocycles. The molecule has 7 aromatic rings. The van der Waals surface area contributed by atoms with Gasteiger partial charge in [-0.25, -0.2) is 0 Å². The first-order valence-corrected chi connectivity index (χ1v) is 13.4. The van der Waals surface area contributed by atoms with Crippen LogP contribution in [0.3, 0.4) is 0 Å². The molecule has 0 aliphatic carbocycles. The van der Waals surface area contributed by atoms with E-state index in [0.29, 0.717) is 0 Å². The van der Waals surface area contributed by atoms with Crippen molar-refractivity contribution in [1.82, 2.24) is 0 Å². The average Bonchev–Trinajstić information content (AvgIpc) is 3.40. The molecular weight excluding hydrogens is 476 g/mol. The molecule has 8 rings (SSSR count). The predicted molar refractivity (Wildman–Crippen MR) is 162 cm³/mol. The van der Waals surface area contributed by atoms with Crippen LogP contribution in [0.4, 0.5) is 11.4 Å². The molecule has 0 fully saturated rings. The molecule has 2 heterocycles. The van der Waals surface area contributed by atoms with Crippen molar-refractivity contribution in [3.63, 3.8) is 0 Å². The van der Waals surface area contributed by atoms with Crippen molar-refractivity contribution in [2.75, 3.05) is 10.6 Å². The van der Waals surface area contributed by atoms with Gasteiger partial charge in [-0.3, -0.25) is 0 Å². The fourth-order valence-electron chi connectivity index (χ4n) is 6.15. The smallest absolute Gasteiger partial charge is 0.136 e. The van der Waals surface area contributed by atoms with Gasteiger partial charge in [0.2, 0.25) is 0 Å². The van der Waals surface area contributed by atoms with E-state index >= 15 is 0 Å². The molecule has 186 valence electrons. The molecule has 1 aliphatic heterocycles. The summed E-state index contributed by atoms with van der Waals surface area (Å²) < 4.78 is 6.16. The maximum absolute atomic E-state index is 6.16. The third kappa shape index (κ3) is 3.58. The molecule has 2 atom stereocenters. The van der Waals surface area contributed by atoms with E-state index < -0.39 is 0 Å². The lowest BCUT2D eigenvalue weighted by atomic mass is 9.89. The van der Waals surface area contributed by atoms with Gasteiger partial charge in [0.1, 0.15) is 11.2 Å². The van der Waals surface area contributed by atoms with Crippen molar-refractivity contribution in [2.45, 2.75) is 12.1 Å². The predicted octanol–water partition coefficient (Wildman–Crippen LogP) is 9.73. The summed E-state index contributed by atoms with van der Waals surface area (Å²) in [7, 11) is 0. The van der Waals surface area contributed by atoms with Gasteiger partial charge in [-0.1, -0.05) is 109 Å². The van der Waals surface area contributed by atoms with Crippen LogP contribution in [0.25, 0.3) is 43.8 Å². The average molecular weight is 503 g/mol. The van der Waals surface area contributed by atoms with Crippen molar-refractivity contribution >= 4 is 44.1 Å². The molecule has 2 N–H and O–H groups in total. The number of anilines is 2. The third-order valence-corrected chi connectivity index (χ3v) is 7.99. The van der Waals surface area contributed by atoms with Crippen LogP contribution in [0.15, 0.2) is 138 Å². The van der Waals surface area contributed by atoms with Gasteiger partial charge < -0.3 is 15.1 Å². The van der Waals surface area contributed by atoms with Gasteiger partial charge in [0.15, 0.2) is 0 Å². The van der Waals surface area contributed by atoms with Crippen LogP contribution in [0, 0.1) is 0 Å². The van der Waals surface area contributed by atoms with E-state index in [-0.39, 0.29) is 12.1 Å². The first-order valence-electron chi connectivity index (χ1n) is 13.4. The quantitative estimate of drug-likeness (QED) is 0.252. The maximum Gasteiger partial charge on any atom is 0.136 e. The van der Waals surface area contributed by atoms with Gasteiger partial charge in [-0.05, 0) is 51.9 Å². The number of para-hydroxylation sites is 1. The number of rotatable bonds is 3. The van der Waals surface area contributed by atoms with E-state index in [1.54, 1.807) is 0 Å². The Morgan fingerprint density at radius 1 is 0.513 bits per heavy atom. The summed E-state index contributed by atoms with van der Waals surface area (Å²) in [6.07, 6.45) is 0. The van der Waals surface area contributed by atoms with Crippen molar-refractivity contribution in [2.24, 2.45) is 0 Å². The molecule has 0 spiro atoms. The third-order valence-electron chi connectivity index (χ3n) is 7.99. The van der Waals surface area contributed by atoms with Gasteiger partial charge in [-0.2, -0.15) is 0 Å². The van der Waals surface area contributed by atoms with Crippen molar-refractivity contribution < 1.29 is 4.42 Å². The first kappa shape index (κ1) is 22.0. The number of hydrogen-bond donors (Lipinski definition) is 2. The zero-order valence-electron chi connectivity index (χ0n) is 21.3. The maximum atomic E-state index is 6.16. The normalized spacial score (nSPS) is 16.6. The first-order chi connectivity index (χ1) is 19.3. The van der Waals surface area contributed by atoms with Crippen LogP contribution < -0.4 is 10.6 Å². The summed E-state index contributed by atoms with van der Waals surface area (Å²) in [6, 6.07) is 47.5. The van der Waals surface area contributed by atoms with E-state index in [0.717, 1.165) is 27.9 Å². The number of fused-ring (bicyclic) bond motifs is 6. The molecule has 0 amide bonds. The monoisotopic (exact) mass is 502 g/mol. The highest BCUT2D eigenvalue weighted by Gasteiger charge is 2.31. The standard InChI is InChI=1S/C36H26N2O/c1-3-10-23(11-4-1)34-35(24-12-5-2-6-13-24)38-36-28-20-18-25(22-26(28)19-21-30(36)37-34)27-15-9-17-32-33(27)29-14-7-8-16-31(29)39-32/h1-22,34-35,37-38H. The molecule has 0 radical (unpaired) electrons. The molecule has 39 heavy (non-hydrogen) atoms. The van der Waals surface area contributed by atoms with Crippen molar-refractivity contribution in [3.05, 3.63) is 145 Å². The Morgan fingerprint density at radius 3 is 2.00 bits per heavy atom. The minimum Gasteiger partial charge on any atom is -0.456 e. The van der Waals surface area contributed by atoms with Crippen LogP contribution in [-0.2, 0) is 0 Å². The second kappa shape index (κ2) is 8.78. The Labute approximate surface area is 226 Å². The summed E-state index contributed by atoms with van der Waals surface area (Å²) in [4.78, 5) is 0. The van der Waals surface area contributed by atoms with Crippen LogP contribution in [-0.4, -0.2) is 0 Å². The highest BCUT2D eigenvalue weighted by molar-refractivity contribution is 6.13. The summed E-state index contributed by atoms with van der Waals surface area (Å²) in [6.45, 7) is 0. The second-order valence-corrected chi connectivity index (χ2v) is 10.3. The van der Waals surface area contributed by atoms with E-state index in [9.17, 15) is 0 Å². The highest BCUT2D eigenvalue weighted by Crippen LogP contribution is 2.46. The van der Waals surface area contributed by atoms with Gasteiger partial charge in [-0.15, -0.1) is 0 Å². The molecule has 0 bridgehead atoms. The van der Waals surface area contributed by atoms with Crippen LogP contribution in [0.2, 0.25) is 0 Å². The Kier molecular flexibility index (Phi) is 4.95. The summed E-state index contributed by atoms with van der Waals surface area (Å²) in [5.74, 6) is 0. The Bertz CT molecular complexity index is 1970. The van der Waals surface area contributed by atoms with Gasteiger partial charge in [0, 0.05) is 16.2 Å². The minimum absolute atomic E-state index is 0.0948. The Morgan fingerprint density at radius 2 is 1.21 bits per heavy atom. The van der Waals surface area contributed by atoms with Gasteiger partial charge >= 0.3 is 0 Å². The van der Waals surface area contributed by atoms with Crippen LogP contribution >= 0.6 is 0 Å². The molecular formula is C36H26N2O. The van der Waals surface area contributed by atoms with E-state index in [1.807, 2.05) is 12.1 Å². The molecule has 2 unspecified atom stereocenters. The molecule has 1 aromatic heterocycles. The van der Waals surface area contributed by atoms with Crippen molar-refractivity contribution in [1.29, 1.82) is 0 Å². The molecule has 1 aliphatic rings. The van der Waals surface area contributed by atoms with Crippen LogP contribution in [0.5, 0.6) is 0 Å². The zero-order valence-corrected chi connectivity index (χ0v) is 21.3. The Hall–Kier alpha value is -5.02.